The second kappa shape index (κ2) is 8.31. The van der Waals surface area contributed by atoms with E-state index >= 15 is 0 Å². The lowest BCUT2D eigenvalue weighted by molar-refractivity contribution is 0.0261. The molecule has 1 aliphatic heterocycles. The molecule has 1 aliphatic carbocycles. The van der Waals surface area contributed by atoms with Crippen molar-refractivity contribution in [2.45, 2.75) is 63.1 Å². The third kappa shape index (κ3) is 4.35. The van der Waals surface area contributed by atoms with Crippen molar-refractivity contribution in [2.24, 2.45) is 0 Å². The lowest BCUT2D eigenvalue weighted by Gasteiger charge is -2.31. The average molecular weight is 472 g/mol. The molecule has 2 aliphatic rings. The van der Waals surface area contributed by atoms with E-state index in [1.54, 1.807) is 6.92 Å². The fraction of sp³-hybridized carbons (Fsp3) is 0.650. The number of nitrogens with one attached hydrogen (secondary N) is 1. The highest BCUT2D eigenvalue weighted by Crippen LogP contribution is 2.39. The van der Waals surface area contributed by atoms with Crippen molar-refractivity contribution in [3.05, 3.63) is 28.2 Å². The molecule has 0 aromatic carbocycles. The standard InChI is InChI=1S/C20H27F2N5O4S/c1-20(29)7-3-4-15(20)27-17-12(10-14(16(21)22)18(27)28)11-23-19(25-17)24-13-5-8-26(9-6-13)32(2,30)31/h10-11,13,15-16,29H,3-9H2,1-2H3,(H,23,24,25)/t15?,20-/m1/s1. The first-order valence-electron chi connectivity index (χ1n) is 10.6. The van der Waals surface area contributed by atoms with E-state index in [9.17, 15) is 27.1 Å². The van der Waals surface area contributed by atoms with E-state index in [1.807, 2.05) is 0 Å². The first-order valence-corrected chi connectivity index (χ1v) is 12.5. The monoisotopic (exact) mass is 471 g/mol. The Bertz CT molecular complexity index is 1180. The number of alkyl halides is 2. The Kier molecular flexibility index (Phi) is 5.97. The molecule has 9 nitrogen and oxygen atoms in total. The van der Waals surface area contributed by atoms with Gasteiger partial charge in [-0.3, -0.25) is 9.36 Å². The molecule has 32 heavy (non-hydrogen) atoms. The van der Waals surface area contributed by atoms with E-state index in [4.69, 9.17) is 0 Å². The van der Waals surface area contributed by atoms with Crippen molar-refractivity contribution in [3.8, 4) is 0 Å². The van der Waals surface area contributed by atoms with Crippen LogP contribution in [0.1, 0.15) is 57.1 Å². The maximum absolute atomic E-state index is 13.5. The van der Waals surface area contributed by atoms with Crippen LogP contribution in [0.5, 0.6) is 0 Å². The van der Waals surface area contributed by atoms with Gasteiger partial charge >= 0.3 is 0 Å². The lowest BCUT2D eigenvalue weighted by atomic mass is 9.99. The summed E-state index contributed by atoms with van der Waals surface area (Å²) in [4.78, 5) is 21.6. The summed E-state index contributed by atoms with van der Waals surface area (Å²) >= 11 is 0. The number of piperidine rings is 1. The van der Waals surface area contributed by atoms with Crippen LogP contribution in [0.2, 0.25) is 0 Å². The number of fused-ring (bicyclic) bond motifs is 1. The van der Waals surface area contributed by atoms with Gasteiger partial charge in [0.1, 0.15) is 5.65 Å². The zero-order valence-electron chi connectivity index (χ0n) is 18.0. The Hall–Kier alpha value is -2.18. The van der Waals surface area contributed by atoms with Gasteiger partial charge in [-0.2, -0.15) is 4.98 Å². The molecule has 4 rings (SSSR count). The third-order valence-electron chi connectivity index (χ3n) is 6.48. The van der Waals surface area contributed by atoms with Gasteiger partial charge in [-0.1, -0.05) is 0 Å². The van der Waals surface area contributed by atoms with Gasteiger partial charge in [0.2, 0.25) is 16.0 Å². The maximum Gasteiger partial charge on any atom is 0.269 e. The smallest absolute Gasteiger partial charge is 0.269 e. The minimum atomic E-state index is -3.24. The lowest BCUT2D eigenvalue weighted by Crippen LogP contribution is -2.42. The first-order chi connectivity index (χ1) is 15.0. The zero-order chi connectivity index (χ0) is 23.3. The number of halogens is 2. The van der Waals surface area contributed by atoms with Crippen molar-refractivity contribution in [1.29, 1.82) is 0 Å². The van der Waals surface area contributed by atoms with E-state index in [-0.39, 0.29) is 17.6 Å². The molecule has 0 radical (unpaired) electrons. The second-order valence-corrected chi connectivity index (χ2v) is 10.9. The summed E-state index contributed by atoms with van der Waals surface area (Å²) in [6, 6.07) is 0.370. The van der Waals surface area contributed by atoms with E-state index < -0.39 is 39.2 Å². The molecule has 12 heteroatoms. The van der Waals surface area contributed by atoms with Crippen LogP contribution in [0.3, 0.4) is 0 Å². The van der Waals surface area contributed by atoms with Crippen LogP contribution in [0.4, 0.5) is 14.7 Å². The van der Waals surface area contributed by atoms with E-state index in [0.717, 1.165) is 6.07 Å². The Morgan fingerprint density at radius 3 is 2.53 bits per heavy atom. The molecule has 0 spiro atoms. The Morgan fingerprint density at radius 2 is 1.97 bits per heavy atom. The summed E-state index contributed by atoms with van der Waals surface area (Å²) in [5, 5.41) is 14.2. The van der Waals surface area contributed by atoms with Gasteiger partial charge < -0.3 is 10.4 Å². The van der Waals surface area contributed by atoms with Crippen LogP contribution >= 0.6 is 0 Å². The summed E-state index contributed by atoms with van der Waals surface area (Å²) in [7, 11) is -3.24. The van der Waals surface area contributed by atoms with Crippen LogP contribution in [-0.4, -0.2) is 63.4 Å². The second-order valence-electron chi connectivity index (χ2n) is 8.89. The molecule has 0 amide bonds. The van der Waals surface area contributed by atoms with Gasteiger partial charge in [0.25, 0.3) is 12.0 Å². The summed E-state index contributed by atoms with van der Waals surface area (Å²) in [6.07, 6.45) is 2.33. The molecule has 1 saturated carbocycles. The summed E-state index contributed by atoms with van der Waals surface area (Å²) < 4.78 is 53.1. The number of hydrogen-bond acceptors (Lipinski definition) is 7. The van der Waals surface area contributed by atoms with Gasteiger partial charge in [-0.15, -0.1) is 0 Å². The summed E-state index contributed by atoms with van der Waals surface area (Å²) in [5.74, 6) is 0.228. The number of sulfonamides is 1. The molecule has 2 aromatic rings. The largest absolute Gasteiger partial charge is 0.388 e. The Balaban J connectivity index is 1.70. The molecule has 1 unspecified atom stereocenters. The van der Waals surface area contributed by atoms with Crippen molar-refractivity contribution in [2.75, 3.05) is 24.7 Å². The molecule has 2 N–H and O–H groups in total. The highest BCUT2D eigenvalue weighted by atomic mass is 32.2. The predicted molar refractivity (Wildman–Crippen MR) is 115 cm³/mol. The van der Waals surface area contributed by atoms with E-state index in [1.165, 1.54) is 21.3 Å². The summed E-state index contributed by atoms with van der Waals surface area (Å²) in [5.41, 5.74) is -2.52. The SMILES string of the molecule is C[C@@]1(O)CCCC1n1c(=O)c(C(F)F)cc2cnc(NC3CCN(S(C)(=O)=O)CC3)nc21. The molecule has 1 saturated heterocycles. The van der Waals surface area contributed by atoms with Gasteiger partial charge in [-0.05, 0) is 45.1 Å². The van der Waals surface area contributed by atoms with Crippen LogP contribution in [0.15, 0.2) is 17.1 Å². The highest BCUT2D eigenvalue weighted by molar-refractivity contribution is 7.88. The van der Waals surface area contributed by atoms with Crippen molar-refractivity contribution >= 4 is 27.0 Å². The molecule has 176 valence electrons. The minimum Gasteiger partial charge on any atom is -0.388 e. The van der Waals surface area contributed by atoms with Gasteiger partial charge in [0, 0.05) is 30.7 Å². The van der Waals surface area contributed by atoms with E-state index in [0.29, 0.717) is 50.6 Å². The predicted octanol–water partition coefficient (Wildman–Crippen LogP) is 2.04. The minimum absolute atomic E-state index is 0.0689. The molecule has 2 aromatic heterocycles. The quantitative estimate of drug-likeness (QED) is 0.685. The Labute approximate surface area is 184 Å². The van der Waals surface area contributed by atoms with Crippen molar-refractivity contribution in [3.63, 3.8) is 0 Å². The number of aliphatic hydroxyl groups is 1. The third-order valence-corrected chi connectivity index (χ3v) is 7.79. The zero-order valence-corrected chi connectivity index (χ0v) is 18.8. The first kappa shape index (κ1) is 23.0. The number of aromatic nitrogens is 3. The molecule has 3 heterocycles. The highest BCUT2D eigenvalue weighted by Gasteiger charge is 2.40. The van der Waals surface area contributed by atoms with Crippen LogP contribution in [0, 0.1) is 0 Å². The number of pyridine rings is 1. The van der Waals surface area contributed by atoms with Gasteiger partial charge in [0.05, 0.1) is 23.5 Å². The molecular weight excluding hydrogens is 444 g/mol. The average Bonchev–Trinajstić information content (AvgIpc) is 3.05. The van der Waals surface area contributed by atoms with E-state index in [2.05, 4.69) is 15.3 Å². The van der Waals surface area contributed by atoms with Crippen LogP contribution < -0.4 is 10.9 Å². The van der Waals surface area contributed by atoms with Gasteiger partial charge in [-0.25, -0.2) is 26.5 Å². The Morgan fingerprint density at radius 1 is 1.28 bits per heavy atom. The fourth-order valence-electron chi connectivity index (χ4n) is 4.71. The topological polar surface area (TPSA) is 117 Å². The van der Waals surface area contributed by atoms with Crippen LogP contribution in [0.25, 0.3) is 11.0 Å². The summed E-state index contributed by atoms with van der Waals surface area (Å²) in [6.45, 7) is 2.35. The van der Waals surface area contributed by atoms with Gasteiger partial charge in [0.15, 0.2) is 0 Å². The fourth-order valence-corrected chi connectivity index (χ4v) is 5.58. The van der Waals surface area contributed by atoms with Crippen molar-refractivity contribution in [1.82, 2.24) is 18.8 Å². The number of anilines is 1. The normalized spacial score (nSPS) is 25.6. The number of hydrogen-bond donors (Lipinski definition) is 2. The maximum atomic E-state index is 13.5. The number of nitrogens with zero attached hydrogens (tertiary/aromatic N) is 4. The van der Waals surface area contributed by atoms with Crippen molar-refractivity contribution < 1.29 is 22.3 Å². The molecule has 2 fully saturated rings. The molecule has 2 atom stereocenters. The molecular formula is C20H27F2N5O4S. The molecule has 0 bridgehead atoms. The van der Waals surface area contributed by atoms with Crippen LogP contribution in [-0.2, 0) is 10.0 Å². The number of rotatable bonds is 5.